The zero-order valence-corrected chi connectivity index (χ0v) is 16.1. The van der Waals surface area contributed by atoms with Gasteiger partial charge >= 0.3 is 0 Å². The van der Waals surface area contributed by atoms with E-state index in [1.54, 1.807) is 24.3 Å². The summed E-state index contributed by atoms with van der Waals surface area (Å²) in [7, 11) is 0. The Balaban J connectivity index is 0.00000210. The number of aromatic nitrogens is 2. The number of fused-ring (bicyclic) bond motifs is 1. The second-order valence-electron chi connectivity index (χ2n) is 6.15. The highest BCUT2D eigenvalue weighted by molar-refractivity contribution is 6.31. The minimum absolute atomic E-state index is 0. The van der Waals surface area contributed by atoms with Gasteiger partial charge in [0.15, 0.2) is 0 Å². The Kier molecular flexibility index (Phi) is 5.49. The normalized spacial score (nSPS) is 10.4. The highest BCUT2D eigenvalue weighted by Crippen LogP contribution is 2.24. The number of carbonyl (C=O) groups is 1. The molecule has 0 saturated carbocycles. The number of imidazole rings is 1. The van der Waals surface area contributed by atoms with Crippen LogP contribution in [-0.4, -0.2) is 15.9 Å². The van der Waals surface area contributed by atoms with Crippen molar-refractivity contribution in [3.63, 3.8) is 0 Å². The summed E-state index contributed by atoms with van der Waals surface area (Å²) in [4.78, 5) is 20.4. The summed E-state index contributed by atoms with van der Waals surface area (Å²) in [5.74, 6) is 0.564. The molecule has 1 heterocycles. The van der Waals surface area contributed by atoms with Gasteiger partial charge in [0.25, 0.3) is 5.91 Å². The highest BCUT2D eigenvalue weighted by atomic mass is 35.5. The predicted octanol–water partition coefficient (Wildman–Crippen LogP) is 5.87. The molecule has 1 aromatic heterocycles. The second kappa shape index (κ2) is 7.82. The summed E-state index contributed by atoms with van der Waals surface area (Å²) in [6, 6.07) is 20.6. The number of hydrogen-bond donors (Lipinski definition) is 2. The third-order valence-electron chi connectivity index (χ3n) is 4.12. The highest BCUT2D eigenvalue weighted by Gasteiger charge is 2.09. The summed E-state index contributed by atoms with van der Waals surface area (Å²) in [5.41, 5.74) is 5.21. The Labute approximate surface area is 168 Å². The molecule has 136 valence electrons. The molecule has 4 nitrogen and oxygen atoms in total. The molecule has 1 amide bonds. The lowest BCUT2D eigenvalue weighted by Gasteiger charge is -2.07. The first-order chi connectivity index (χ1) is 12.6. The van der Waals surface area contributed by atoms with Gasteiger partial charge in [0.2, 0.25) is 0 Å². The maximum atomic E-state index is 12.4. The Morgan fingerprint density at radius 3 is 2.67 bits per heavy atom. The van der Waals surface area contributed by atoms with Gasteiger partial charge in [-0.2, -0.15) is 0 Å². The van der Waals surface area contributed by atoms with Crippen molar-refractivity contribution in [1.29, 1.82) is 0 Å². The van der Waals surface area contributed by atoms with E-state index in [0.717, 1.165) is 22.4 Å². The molecule has 0 radical (unpaired) electrons. The summed E-state index contributed by atoms with van der Waals surface area (Å²) in [5, 5.41) is 3.43. The van der Waals surface area contributed by atoms with Gasteiger partial charge in [-0.1, -0.05) is 35.9 Å². The number of amides is 1. The number of aromatic amines is 1. The molecule has 0 aliphatic carbocycles. The van der Waals surface area contributed by atoms with Crippen LogP contribution in [-0.2, 0) is 0 Å². The van der Waals surface area contributed by atoms with E-state index in [1.165, 1.54) is 5.56 Å². The van der Waals surface area contributed by atoms with E-state index < -0.39 is 0 Å². The molecular weight excluding hydrogens is 381 g/mol. The topological polar surface area (TPSA) is 57.8 Å². The number of aryl methyl sites for hydroxylation is 1. The lowest BCUT2D eigenvalue weighted by molar-refractivity contribution is 0.102. The van der Waals surface area contributed by atoms with Gasteiger partial charge in [0.1, 0.15) is 5.82 Å². The van der Waals surface area contributed by atoms with Gasteiger partial charge in [-0.3, -0.25) is 4.79 Å². The fourth-order valence-electron chi connectivity index (χ4n) is 2.84. The summed E-state index contributed by atoms with van der Waals surface area (Å²) in [6.45, 7) is 2.05. The Morgan fingerprint density at radius 2 is 1.85 bits per heavy atom. The standard InChI is InChI=1S/C21H16ClN3O.ClH/c1-13-8-9-18-19(10-13)25-20(24-18)14-4-3-7-17(12-14)23-21(26)15-5-2-6-16(22)11-15;/h2-12H,1H3,(H,23,26)(H,24,25);1H. The van der Waals surface area contributed by atoms with Crippen molar-refractivity contribution in [3.05, 3.63) is 82.9 Å². The van der Waals surface area contributed by atoms with Crippen LogP contribution in [0.15, 0.2) is 66.7 Å². The number of halogens is 2. The van der Waals surface area contributed by atoms with Crippen molar-refractivity contribution in [3.8, 4) is 11.4 Å². The smallest absolute Gasteiger partial charge is 0.255 e. The number of H-pyrrole nitrogens is 1. The minimum Gasteiger partial charge on any atom is -0.338 e. The van der Waals surface area contributed by atoms with E-state index in [9.17, 15) is 4.79 Å². The molecule has 0 unspecified atom stereocenters. The molecule has 0 aliphatic heterocycles. The van der Waals surface area contributed by atoms with Crippen molar-refractivity contribution < 1.29 is 4.79 Å². The maximum Gasteiger partial charge on any atom is 0.255 e. The molecule has 0 atom stereocenters. The van der Waals surface area contributed by atoms with E-state index in [2.05, 4.69) is 21.4 Å². The van der Waals surface area contributed by atoms with Crippen LogP contribution in [0.25, 0.3) is 22.4 Å². The van der Waals surface area contributed by atoms with Crippen molar-refractivity contribution >= 4 is 46.6 Å². The number of nitrogens with one attached hydrogen (secondary N) is 2. The molecule has 2 N–H and O–H groups in total. The third-order valence-corrected chi connectivity index (χ3v) is 4.35. The van der Waals surface area contributed by atoms with Crippen molar-refractivity contribution in [1.82, 2.24) is 9.97 Å². The van der Waals surface area contributed by atoms with E-state index in [4.69, 9.17) is 11.6 Å². The molecule has 0 saturated heterocycles. The van der Waals surface area contributed by atoms with Crippen LogP contribution in [0.1, 0.15) is 15.9 Å². The number of rotatable bonds is 3. The number of anilines is 1. The van der Waals surface area contributed by atoms with Gasteiger partial charge in [-0.15, -0.1) is 12.4 Å². The molecule has 4 rings (SSSR count). The minimum atomic E-state index is -0.204. The van der Waals surface area contributed by atoms with E-state index in [0.29, 0.717) is 16.3 Å². The van der Waals surface area contributed by atoms with Crippen LogP contribution in [0.5, 0.6) is 0 Å². The largest absolute Gasteiger partial charge is 0.338 e. The quantitative estimate of drug-likeness (QED) is 0.454. The zero-order chi connectivity index (χ0) is 18.1. The van der Waals surface area contributed by atoms with Crippen molar-refractivity contribution in [2.24, 2.45) is 0 Å². The molecule has 3 aromatic carbocycles. The van der Waals surface area contributed by atoms with Crippen LogP contribution in [0, 0.1) is 6.92 Å². The monoisotopic (exact) mass is 397 g/mol. The van der Waals surface area contributed by atoms with E-state index in [1.807, 2.05) is 43.3 Å². The molecule has 4 aromatic rings. The van der Waals surface area contributed by atoms with Crippen LogP contribution in [0.2, 0.25) is 5.02 Å². The average molecular weight is 398 g/mol. The lowest BCUT2D eigenvalue weighted by Crippen LogP contribution is -2.11. The second-order valence-corrected chi connectivity index (χ2v) is 6.59. The summed E-state index contributed by atoms with van der Waals surface area (Å²) < 4.78 is 0. The van der Waals surface area contributed by atoms with Gasteiger partial charge in [-0.25, -0.2) is 4.98 Å². The van der Waals surface area contributed by atoms with Crippen molar-refractivity contribution in [2.45, 2.75) is 6.92 Å². The summed E-state index contributed by atoms with van der Waals surface area (Å²) in [6.07, 6.45) is 0. The predicted molar refractivity (Wildman–Crippen MR) is 113 cm³/mol. The van der Waals surface area contributed by atoms with Gasteiger partial charge in [-0.05, 0) is 55.0 Å². The molecule has 0 aliphatic rings. The zero-order valence-electron chi connectivity index (χ0n) is 14.5. The van der Waals surface area contributed by atoms with Crippen LogP contribution >= 0.6 is 24.0 Å². The Bertz CT molecular complexity index is 1120. The Hall–Kier alpha value is -2.82. The first kappa shape index (κ1) is 19.0. The SMILES string of the molecule is Cc1ccc2nc(-c3cccc(NC(=O)c4cccc(Cl)c4)c3)[nH]c2c1.Cl. The molecule has 6 heteroatoms. The average Bonchev–Trinajstić information content (AvgIpc) is 3.05. The fourth-order valence-corrected chi connectivity index (χ4v) is 3.03. The number of benzene rings is 3. The molecule has 0 fully saturated rings. The number of nitrogens with zero attached hydrogens (tertiary/aromatic N) is 1. The molecule has 27 heavy (non-hydrogen) atoms. The van der Waals surface area contributed by atoms with Gasteiger partial charge < -0.3 is 10.3 Å². The molecular formula is C21H17Cl2N3O. The van der Waals surface area contributed by atoms with Crippen LogP contribution in [0.3, 0.4) is 0 Å². The van der Waals surface area contributed by atoms with Crippen LogP contribution in [0.4, 0.5) is 5.69 Å². The molecule has 0 spiro atoms. The Morgan fingerprint density at radius 1 is 1.04 bits per heavy atom. The number of hydrogen-bond acceptors (Lipinski definition) is 2. The third kappa shape index (κ3) is 4.13. The summed E-state index contributed by atoms with van der Waals surface area (Å²) >= 11 is 5.95. The maximum absolute atomic E-state index is 12.4. The first-order valence-electron chi connectivity index (χ1n) is 8.22. The van der Waals surface area contributed by atoms with E-state index >= 15 is 0 Å². The van der Waals surface area contributed by atoms with E-state index in [-0.39, 0.29) is 18.3 Å². The molecule has 0 bridgehead atoms. The van der Waals surface area contributed by atoms with Crippen molar-refractivity contribution in [2.75, 3.05) is 5.32 Å². The van der Waals surface area contributed by atoms with Crippen LogP contribution < -0.4 is 5.32 Å². The number of carbonyl (C=O) groups excluding carboxylic acids is 1. The lowest BCUT2D eigenvalue weighted by atomic mass is 10.1. The fraction of sp³-hybridized carbons (Fsp3) is 0.0476. The first-order valence-corrected chi connectivity index (χ1v) is 8.60. The van der Waals surface area contributed by atoms with Gasteiger partial charge in [0.05, 0.1) is 11.0 Å². The van der Waals surface area contributed by atoms with Gasteiger partial charge in [0, 0.05) is 21.8 Å².